The van der Waals surface area contributed by atoms with Crippen molar-refractivity contribution in [2.45, 2.75) is 19.0 Å². The highest BCUT2D eigenvalue weighted by molar-refractivity contribution is 4.86. The molecular weight excluding hydrogens is 138 g/mol. The zero-order chi connectivity index (χ0) is 7.84. The van der Waals surface area contributed by atoms with Crippen LogP contribution >= 0.6 is 0 Å². The average Bonchev–Trinajstić information content (AvgIpc) is 2.34. The van der Waals surface area contributed by atoms with Crippen LogP contribution in [-0.4, -0.2) is 43.3 Å². The van der Waals surface area contributed by atoms with Gasteiger partial charge in [-0.1, -0.05) is 0 Å². The number of hydrogen-bond donors (Lipinski definition) is 1. The van der Waals surface area contributed by atoms with Gasteiger partial charge in [0.1, 0.15) is 0 Å². The van der Waals surface area contributed by atoms with Crippen molar-refractivity contribution >= 4 is 0 Å². The molecule has 2 aliphatic rings. The average molecular weight is 155 g/mol. The second kappa shape index (κ2) is 2.73. The summed E-state index contributed by atoms with van der Waals surface area (Å²) in [6.45, 7) is 2.43. The van der Waals surface area contributed by atoms with Gasteiger partial charge in [0.15, 0.2) is 0 Å². The van der Waals surface area contributed by atoms with Gasteiger partial charge in [-0.15, -0.1) is 0 Å². The molecule has 64 valence electrons. The first-order chi connectivity index (χ1) is 5.29. The molecular formula is C8H17N3. The quantitative estimate of drug-likeness (QED) is 0.535. The maximum absolute atomic E-state index is 3.38. The van der Waals surface area contributed by atoms with E-state index in [9.17, 15) is 0 Å². The lowest BCUT2D eigenvalue weighted by Crippen LogP contribution is -2.48. The molecule has 2 unspecified atom stereocenters. The van der Waals surface area contributed by atoms with Crippen LogP contribution in [-0.2, 0) is 0 Å². The highest BCUT2D eigenvalue weighted by atomic mass is 15.6. The second-order valence-electron chi connectivity index (χ2n) is 3.77. The van der Waals surface area contributed by atoms with Crippen LogP contribution in [0.25, 0.3) is 0 Å². The minimum absolute atomic E-state index is 0.656. The summed E-state index contributed by atoms with van der Waals surface area (Å²) in [5, 5.41) is 2.25. The largest absolute Gasteiger partial charge is 0.290 e. The molecule has 0 aromatic rings. The van der Waals surface area contributed by atoms with E-state index in [4.69, 9.17) is 0 Å². The molecule has 0 aromatic heterocycles. The lowest BCUT2D eigenvalue weighted by Gasteiger charge is -2.36. The van der Waals surface area contributed by atoms with Gasteiger partial charge >= 0.3 is 0 Å². The summed E-state index contributed by atoms with van der Waals surface area (Å²) in [7, 11) is 4.37. The molecule has 2 saturated heterocycles. The molecule has 3 nitrogen and oxygen atoms in total. The van der Waals surface area contributed by atoms with Crippen LogP contribution in [0.5, 0.6) is 0 Å². The molecule has 0 aliphatic carbocycles. The van der Waals surface area contributed by atoms with E-state index >= 15 is 0 Å². The van der Waals surface area contributed by atoms with Crippen molar-refractivity contribution in [2.75, 3.05) is 27.2 Å². The third-order valence-electron chi connectivity index (χ3n) is 2.96. The number of nitrogens with one attached hydrogen (secondary N) is 1. The molecule has 1 N–H and O–H groups in total. The normalized spacial score (nSPS) is 40.9. The fourth-order valence-corrected chi connectivity index (χ4v) is 2.42. The Labute approximate surface area is 68.3 Å². The minimum atomic E-state index is 0.656. The molecule has 2 atom stereocenters. The Kier molecular flexibility index (Phi) is 1.87. The van der Waals surface area contributed by atoms with E-state index in [2.05, 4.69) is 29.4 Å². The van der Waals surface area contributed by atoms with Gasteiger partial charge in [0.05, 0.1) is 6.17 Å². The Balaban J connectivity index is 2.08. The molecule has 2 fully saturated rings. The van der Waals surface area contributed by atoms with Crippen molar-refractivity contribution in [1.82, 2.24) is 15.3 Å². The first-order valence-corrected chi connectivity index (χ1v) is 4.45. The van der Waals surface area contributed by atoms with Crippen LogP contribution in [0.15, 0.2) is 0 Å². The van der Waals surface area contributed by atoms with Crippen molar-refractivity contribution in [3.8, 4) is 0 Å². The summed E-state index contributed by atoms with van der Waals surface area (Å²) in [4.78, 5) is 2.45. The van der Waals surface area contributed by atoms with Crippen LogP contribution in [0.2, 0.25) is 0 Å². The van der Waals surface area contributed by atoms with E-state index < -0.39 is 0 Å². The van der Waals surface area contributed by atoms with Crippen molar-refractivity contribution in [3.63, 3.8) is 0 Å². The van der Waals surface area contributed by atoms with Crippen LogP contribution in [0, 0.1) is 5.92 Å². The van der Waals surface area contributed by atoms with Gasteiger partial charge in [-0.2, -0.15) is 0 Å². The fraction of sp³-hybridized carbons (Fsp3) is 1.00. The van der Waals surface area contributed by atoms with Crippen LogP contribution in [0.1, 0.15) is 12.8 Å². The topological polar surface area (TPSA) is 18.5 Å². The van der Waals surface area contributed by atoms with Gasteiger partial charge in [-0.05, 0) is 26.4 Å². The molecule has 0 bridgehead atoms. The Morgan fingerprint density at radius 3 is 2.91 bits per heavy atom. The lowest BCUT2D eigenvalue weighted by molar-refractivity contribution is 0.0400. The molecule has 2 aliphatic heterocycles. The summed E-state index contributed by atoms with van der Waals surface area (Å²) in [6.07, 6.45) is 3.42. The molecule has 0 aromatic carbocycles. The number of piperidine rings is 1. The van der Waals surface area contributed by atoms with E-state index in [-0.39, 0.29) is 0 Å². The van der Waals surface area contributed by atoms with Crippen molar-refractivity contribution in [3.05, 3.63) is 0 Å². The van der Waals surface area contributed by atoms with Gasteiger partial charge in [0.25, 0.3) is 0 Å². The first kappa shape index (κ1) is 7.53. The molecule has 0 radical (unpaired) electrons. The number of likely N-dealkylation sites (tertiary alicyclic amines) is 1. The van der Waals surface area contributed by atoms with E-state index in [0.717, 1.165) is 5.92 Å². The van der Waals surface area contributed by atoms with E-state index in [0.29, 0.717) is 6.17 Å². The Morgan fingerprint density at radius 2 is 2.18 bits per heavy atom. The van der Waals surface area contributed by atoms with Gasteiger partial charge < -0.3 is 0 Å². The zero-order valence-corrected chi connectivity index (χ0v) is 7.38. The van der Waals surface area contributed by atoms with Crippen molar-refractivity contribution < 1.29 is 0 Å². The maximum Gasteiger partial charge on any atom is 0.0793 e. The van der Waals surface area contributed by atoms with Crippen LogP contribution in [0.3, 0.4) is 0 Å². The Bertz CT molecular complexity index is 146. The van der Waals surface area contributed by atoms with E-state index in [1.54, 1.807) is 0 Å². The number of nitrogens with zero attached hydrogens (tertiary/aromatic N) is 2. The van der Waals surface area contributed by atoms with E-state index in [1.165, 1.54) is 25.9 Å². The van der Waals surface area contributed by atoms with Gasteiger partial charge in [0, 0.05) is 19.5 Å². The molecule has 0 saturated carbocycles. The first-order valence-electron chi connectivity index (χ1n) is 4.45. The molecule has 3 heteroatoms. The maximum atomic E-state index is 3.38. The van der Waals surface area contributed by atoms with Gasteiger partial charge in [0.2, 0.25) is 0 Å². The smallest absolute Gasteiger partial charge is 0.0793 e. The number of hydrazine groups is 1. The third kappa shape index (κ3) is 1.17. The summed E-state index contributed by atoms with van der Waals surface area (Å²) in [5.41, 5.74) is 3.38. The predicted molar refractivity (Wildman–Crippen MR) is 44.9 cm³/mol. The molecule has 0 spiro atoms. The third-order valence-corrected chi connectivity index (χ3v) is 2.96. The molecule has 2 rings (SSSR count). The van der Waals surface area contributed by atoms with Crippen molar-refractivity contribution in [2.24, 2.45) is 5.92 Å². The minimum Gasteiger partial charge on any atom is -0.290 e. The second-order valence-corrected chi connectivity index (χ2v) is 3.77. The van der Waals surface area contributed by atoms with Gasteiger partial charge in [-0.3, -0.25) is 10.3 Å². The van der Waals surface area contributed by atoms with Crippen LogP contribution < -0.4 is 5.43 Å². The summed E-state index contributed by atoms with van der Waals surface area (Å²) < 4.78 is 0. The number of rotatable bonds is 0. The summed E-state index contributed by atoms with van der Waals surface area (Å²) in [6, 6.07) is 0. The molecule has 0 amide bonds. The Morgan fingerprint density at radius 1 is 1.36 bits per heavy atom. The monoisotopic (exact) mass is 155 g/mol. The predicted octanol–water partition coefficient (Wildman–Crippen LogP) is 0.104. The number of fused-ring (bicyclic) bond motifs is 1. The highest BCUT2D eigenvalue weighted by Gasteiger charge is 2.36. The van der Waals surface area contributed by atoms with Gasteiger partial charge in [-0.25, -0.2) is 5.01 Å². The standard InChI is InChI=1S/C8H17N3/c1-10-5-3-4-7-6-9-11(2)8(7)10/h7-9H,3-6H2,1-2H3. The SMILES string of the molecule is CN1CCCC2CNN(C)C21. The summed E-state index contributed by atoms with van der Waals surface area (Å²) >= 11 is 0. The molecule has 2 heterocycles. The summed E-state index contributed by atoms with van der Waals surface area (Å²) in [5.74, 6) is 0.860. The highest BCUT2D eigenvalue weighted by Crippen LogP contribution is 2.26. The van der Waals surface area contributed by atoms with Crippen molar-refractivity contribution in [1.29, 1.82) is 0 Å². The lowest BCUT2D eigenvalue weighted by atomic mass is 9.96. The van der Waals surface area contributed by atoms with Crippen LogP contribution in [0.4, 0.5) is 0 Å². The molecule has 11 heavy (non-hydrogen) atoms. The van der Waals surface area contributed by atoms with E-state index in [1.807, 2.05) is 0 Å². The zero-order valence-electron chi connectivity index (χ0n) is 7.38. The number of hydrogen-bond acceptors (Lipinski definition) is 3. The fourth-order valence-electron chi connectivity index (χ4n) is 2.42. The Hall–Kier alpha value is -0.120.